The Morgan fingerprint density at radius 2 is 2.00 bits per heavy atom. The van der Waals surface area contributed by atoms with E-state index >= 15 is 0 Å². The zero-order valence-corrected chi connectivity index (χ0v) is 16.4. The lowest BCUT2D eigenvalue weighted by atomic mass is 9.92. The summed E-state index contributed by atoms with van der Waals surface area (Å²) >= 11 is 1.20. The van der Waals surface area contributed by atoms with Gasteiger partial charge in [-0.05, 0) is 38.5 Å². The summed E-state index contributed by atoms with van der Waals surface area (Å²) in [5.74, 6) is -1.62. The van der Waals surface area contributed by atoms with Crippen LogP contribution in [-0.2, 0) is 20.7 Å². The molecule has 1 atom stereocenters. The summed E-state index contributed by atoms with van der Waals surface area (Å²) < 4.78 is 13.2. The molecule has 28 heavy (non-hydrogen) atoms. The molecule has 0 saturated carbocycles. The van der Waals surface area contributed by atoms with Crippen LogP contribution in [0, 0.1) is 5.82 Å². The Labute approximate surface area is 164 Å². The molecule has 4 amide bonds. The maximum atomic E-state index is 13.2. The monoisotopic (exact) mass is 405 g/mol. The molecule has 1 fully saturated rings. The van der Waals surface area contributed by atoms with E-state index in [0.29, 0.717) is 16.4 Å². The molecule has 2 aromatic rings. The van der Waals surface area contributed by atoms with Crippen molar-refractivity contribution in [3.05, 3.63) is 46.7 Å². The van der Waals surface area contributed by atoms with Crippen LogP contribution in [-0.4, -0.2) is 34.3 Å². The molecule has 0 radical (unpaired) electrons. The maximum absolute atomic E-state index is 13.2. The molecule has 148 valence electrons. The summed E-state index contributed by atoms with van der Waals surface area (Å²) in [5.41, 5.74) is 4.98. The number of hydrogen-bond acceptors (Lipinski definition) is 6. The maximum Gasteiger partial charge on any atom is 0.325 e. The van der Waals surface area contributed by atoms with E-state index in [4.69, 9.17) is 5.73 Å². The largest absolute Gasteiger partial charge is 0.325 e. The van der Waals surface area contributed by atoms with Gasteiger partial charge in [-0.15, -0.1) is 11.3 Å². The molecule has 10 heteroatoms. The fraction of sp³-hybridized carbons (Fsp3) is 0.333. The van der Waals surface area contributed by atoms with Crippen LogP contribution >= 0.6 is 11.3 Å². The predicted octanol–water partition coefficient (Wildman–Crippen LogP) is 1.88. The summed E-state index contributed by atoms with van der Waals surface area (Å²) in [6, 6.07) is 4.55. The molecule has 2 heterocycles. The van der Waals surface area contributed by atoms with E-state index in [2.05, 4.69) is 15.6 Å². The van der Waals surface area contributed by atoms with Crippen LogP contribution in [0.5, 0.6) is 0 Å². The van der Waals surface area contributed by atoms with Crippen LogP contribution in [0.3, 0.4) is 0 Å². The molecule has 0 spiro atoms. The molecule has 1 aromatic heterocycles. The van der Waals surface area contributed by atoms with Crippen LogP contribution in [0.15, 0.2) is 29.6 Å². The second-order valence-electron chi connectivity index (χ2n) is 7.26. The Kier molecular flexibility index (Phi) is 4.94. The van der Waals surface area contributed by atoms with E-state index in [1.807, 2.05) is 0 Å². The van der Waals surface area contributed by atoms with Gasteiger partial charge in [0.1, 0.15) is 17.9 Å². The number of carbonyl (C=O) groups excluding carboxylic acids is 3. The standard InChI is InChI=1S/C18H20FN5O3S/c1-17(2,20)12-9-28-15(21-12)22-13(25)8-24-14(26)18(3,23-16(24)27)10-4-6-11(19)7-5-10/h4-7,9H,8,20H2,1-3H3,(H,23,27)(H,21,22,25). The number of hydrogen-bond donors (Lipinski definition) is 3. The third-order valence-electron chi connectivity index (χ3n) is 4.41. The van der Waals surface area contributed by atoms with Gasteiger partial charge < -0.3 is 16.4 Å². The first-order valence-corrected chi connectivity index (χ1v) is 9.33. The highest BCUT2D eigenvalue weighted by Crippen LogP contribution is 2.29. The molecule has 1 aliphatic rings. The van der Waals surface area contributed by atoms with E-state index in [1.54, 1.807) is 19.2 Å². The van der Waals surface area contributed by atoms with E-state index in [1.165, 1.54) is 42.5 Å². The van der Waals surface area contributed by atoms with E-state index in [0.717, 1.165) is 4.90 Å². The molecule has 1 saturated heterocycles. The summed E-state index contributed by atoms with van der Waals surface area (Å²) in [7, 11) is 0. The molecular formula is C18H20FN5O3S. The average Bonchev–Trinajstić information content (AvgIpc) is 3.15. The number of halogens is 1. The number of nitrogens with two attached hydrogens (primary N) is 1. The predicted molar refractivity (Wildman–Crippen MR) is 102 cm³/mol. The van der Waals surface area contributed by atoms with Crippen molar-refractivity contribution < 1.29 is 18.8 Å². The van der Waals surface area contributed by atoms with Gasteiger partial charge in [-0.1, -0.05) is 12.1 Å². The molecular weight excluding hydrogens is 385 g/mol. The molecule has 1 aromatic carbocycles. The highest BCUT2D eigenvalue weighted by Gasteiger charge is 2.49. The minimum absolute atomic E-state index is 0.326. The fourth-order valence-electron chi connectivity index (χ4n) is 2.75. The Hall–Kier alpha value is -2.85. The number of nitrogens with zero attached hydrogens (tertiary/aromatic N) is 2. The molecule has 1 aliphatic heterocycles. The van der Waals surface area contributed by atoms with Gasteiger partial charge in [0.15, 0.2) is 5.13 Å². The number of amides is 4. The first kappa shape index (κ1) is 19.9. The van der Waals surface area contributed by atoms with Gasteiger partial charge in [-0.2, -0.15) is 0 Å². The highest BCUT2D eigenvalue weighted by molar-refractivity contribution is 7.13. The van der Waals surface area contributed by atoms with Gasteiger partial charge in [0.05, 0.1) is 11.2 Å². The van der Waals surface area contributed by atoms with Crippen molar-refractivity contribution in [1.29, 1.82) is 0 Å². The van der Waals surface area contributed by atoms with Crippen LogP contribution in [0.1, 0.15) is 32.0 Å². The second kappa shape index (κ2) is 6.95. The zero-order chi connectivity index (χ0) is 20.7. The van der Waals surface area contributed by atoms with Crippen molar-refractivity contribution in [1.82, 2.24) is 15.2 Å². The van der Waals surface area contributed by atoms with Crippen molar-refractivity contribution in [2.24, 2.45) is 5.73 Å². The van der Waals surface area contributed by atoms with Gasteiger partial charge in [0.25, 0.3) is 5.91 Å². The lowest BCUT2D eigenvalue weighted by Crippen LogP contribution is -2.42. The van der Waals surface area contributed by atoms with Gasteiger partial charge >= 0.3 is 6.03 Å². The molecule has 4 N–H and O–H groups in total. The topological polar surface area (TPSA) is 117 Å². The Balaban J connectivity index is 1.71. The summed E-state index contributed by atoms with van der Waals surface area (Å²) in [5, 5.41) is 7.19. The number of thiazole rings is 1. The highest BCUT2D eigenvalue weighted by atomic mass is 32.1. The van der Waals surface area contributed by atoms with Crippen molar-refractivity contribution >= 4 is 34.3 Å². The van der Waals surface area contributed by atoms with Crippen molar-refractivity contribution in [3.63, 3.8) is 0 Å². The SMILES string of the molecule is CC(C)(N)c1csc(NC(=O)CN2C(=O)NC(C)(c3ccc(F)cc3)C2=O)n1. The first-order chi connectivity index (χ1) is 13.0. The minimum atomic E-state index is -1.37. The van der Waals surface area contributed by atoms with Crippen LogP contribution < -0.4 is 16.4 Å². The van der Waals surface area contributed by atoms with E-state index in [-0.39, 0.29) is 0 Å². The lowest BCUT2D eigenvalue weighted by molar-refractivity contribution is -0.133. The summed E-state index contributed by atoms with van der Waals surface area (Å²) in [6.45, 7) is 4.62. The van der Waals surface area contributed by atoms with Gasteiger partial charge in [0.2, 0.25) is 5.91 Å². The molecule has 1 unspecified atom stereocenters. The second-order valence-corrected chi connectivity index (χ2v) is 8.12. The van der Waals surface area contributed by atoms with Gasteiger partial charge in [-0.25, -0.2) is 14.2 Å². The average molecular weight is 405 g/mol. The van der Waals surface area contributed by atoms with E-state index in [9.17, 15) is 18.8 Å². The number of anilines is 1. The first-order valence-electron chi connectivity index (χ1n) is 8.45. The number of imide groups is 1. The normalized spacial score (nSPS) is 19.7. The zero-order valence-electron chi connectivity index (χ0n) is 15.6. The van der Waals surface area contributed by atoms with Crippen molar-refractivity contribution in [2.75, 3.05) is 11.9 Å². The molecule has 0 aliphatic carbocycles. The number of urea groups is 1. The van der Waals surface area contributed by atoms with E-state index < -0.39 is 41.3 Å². The molecule has 0 bridgehead atoms. The molecule has 8 nitrogen and oxygen atoms in total. The quantitative estimate of drug-likeness (QED) is 0.657. The Bertz CT molecular complexity index is 937. The van der Waals surface area contributed by atoms with Gasteiger partial charge in [-0.3, -0.25) is 14.5 Å². The Morgan fingerprint density at radius 1 is 1.36 bits per heavy atom. The van der Waals surface area contributed by atoms with Gasteiger partial charge in [0, 0.05) is 5.38 Å². The number of benzene rings is 1. The number of rotatable bonds is 5. The van der Waals surface area contributed by atoms with Crippen LogP contribution in [0.2, 0.25) is 0 Å². The summed E-state index contributed by atoms with van der Waals surface area (Å²) in [6.07, 6.45) is 0. The third-order valence-corrected chi connectivity index (χ3v) is 5.17. The van der Waals surface area contributed by atoms with Crippen molar-refractivity contribution in [3.8, 4) is 0 Å². The van der Waals surface area contributed by atoms with Crippen molar-refractivity contribution in [2.45, 2.75) is 31.8 Å². The lowest BCUT2D eigenvalue weighted by Gasteiger charge is -2.22. The minimum Gasteiger partial charge on any atom is -0.321 e. The third kappa shape index (κ3) is 3.73. The Morgan fingerprint density at radius 3 is 2.57 bits per heavy atom. The summed E-state index contributed by atoms with van der Waals surface area (Å²) in [4.78, 5) is 42.4. The number of carbonyl (C=O) groups is 3. The van der Waals surface area contributed by atoms with Crippen LogP contribution in [0.4, 0.5) is 14.3 Å². The molecule has 3 rings (SSSR count). The smallest absolute Gasteiger partial charge is 0.321 e. The van der Waals surface area contributed by atoms with Crippen LogP contribution in [0.25, 0.3) is 0 Å². The number of nitrogens with one attached hydrogen (secondary N) is 2. The number of aromatic nitrogens is 1. The fourth-order valence-corrected chi connectivity index (χ4v) is 3.65.